The van der Waals surface area contributed by atoms with E-state index in [1.165, 1.54) is 4.90 Å². The lowest BCUT2D eigenvalue weighted by molar-refractivity contribution is -0.112. The Hall–Kier alpha value is -3.39. The van der Waals surface area contributed by atoms with Crippen LogP contribution in [0.15, 0.2) is 54.1 Å². The molecule has 0 atom stereocenters. The quantitative estimate of drug-likeness (QED) is 0.689. The summed E-state index contributed by atoms with van der Waals surface area (Å²) in [6.07, 6.45) is 1.55. The summed E-state index contributed by atoms with van der Waals surface area (Å²) in [5.41, 5.74) is 2.90. The van der Waals surface area contributed by atoms with E-state index in [0.29, 0.717) is 11.3 Å². The molecule has 0 radical (unpaired) electrons. The maximum atomic E-state index is 12.3. The van der Waals surface area contributed by atoms with Crippen LogP contribution in [-0.4, -0.2) is 30.8 Å². The molecule has 2 rings (SSSR count). The summed E-state index contributed by atoms with van der Waals surface area (Å²) >= 11 is 0. The number of anilines is 1. The molecular formula is C20H19N3O2. The molecule has 0 saturated heterocycles. The van der Waals surface area contributed by atoms with Gasteiger partial charge in [-0.25, -0.2) is 0 Å². The van der Waals surface area contributed by atoms with Crippen LogP contribution in [-0.2, 0) is 4.79 Å². The Bertz CT molecular complexity index is 859. The third-order valence-corrected chi connectivity index (χ3v) is 3.51. The molecule has 0 aliphatic carbocycles. The van der Waals surface area contributed by atoms with Gasteiger partial charge in [-0.05, 0) is 42.8 Å². The van der Waals surface area contributed by atoms with Gasteiger partial charge in [-0.3, -0.25) is 9.59 Å². The van der Waals surface area contributed by atoms with Crippen molar-refractivity contribution in [3.05, 3.63) is 70.8 Å². The Labute approximate surface area is 147 Å². The summed E-state index contributed by atoms with van der Waals surface area (Å²) in [5, 5.41) is 11.9. The van der Waals surface area contributed by atoms with Gasteiger partial charge in [0.1, 0.15) is 11.6 Å². The number of rotatable bonds is 4. The smallest absolute Gasteiger partial charge is 0.266 e. The van der Waals surface area contributed by atoms with Crippen LogP contribution in [0, 0.1) is 18.3 Å². The number of aryl methyl sites for hydroxylation is 1. The molecule has 0 spiro atoms. The van der Waals surface area contributed by atoms with E-state index in [0.717, 1.165) is 11.1 Å². The first-order valence-electron chi connectivity index (χ1n) is 7.72. The largest absolute Gasteiger partial charge is 0.345 e. The summed E-state index contributed by atoms with van der Waals surface area (Å²) < 4.78 is 0. The molecule has 5 heteroatoms. The van der Waals surface area contributed by atoms with E-state index in [9.17, 15) is 14.9 Å². The summed E-state index contributed by atoms with van der Waals surface area (Å²) in [7, 11) is 3.35. The minimum absolute atomic E-state index is 0.0130. The van der Waals surface area contributed by atoms with Crippen molar-refractivity contribution in [2.75, 3.05) is 19.4 Å². The maximum Gasteiger partial charge on any atom is 0.266 e. The highest BCUT2D eigenvalue weighted by Crippen LogP contribution is 2.14. The second-order valence-corrected chi connectivity index (χ2v) is 5.82. The van der Waals surface area contributed by atoms with E-state index in [1.807, 2.05) is 37.3 Å². The lowest BCUT2D eigenvalue weighted by atomic mass is 10.1. The van der Waals surface area contributed by atoms with Crippen molar-refractivity contribution in [3.8, 4) is 6.07 Å². The second kappa shape index (κ2) is 7.93. The van der Waals surface area contributed by atoms with E-state index in [-0.39, 0.29) is 11.5 Å². The van der Waals surface area contributed by atoms with E-state index in [1.54, 1.807) is 44.4 Å². The number of nitrogens with one attached hydrogen (secondary N) is 1. The third kappa shape index (κ3) is 4.79. The zero-order valence-corrected chi connectivity index (χ0v) is 14.4. The van der Waals surface area contributed by atoms with Crippen molar-refractivity contribution in [2.45, 2.75) is 6.92 Å². The maximum absolute atomic E-state index is 12.3. The van der Waals surface area contributed by atoms with Crippen LogP contribution in [0.4, 0.5) is 5.69 Å². The summed E-state index contributed by atoms with van der Waals surface area (Å²) in [6.45, 7) is 1.94. The molecule has 0 aromatic heterocycles. The van der Waals surface area contributed by atoms with E-state index in [4.69, 9.17) is 0 Å². The van der Waals surface area contributed by atoms with Gasteiger partial charge in [0, 0.05) is 25.3 Å². The fraction of sp³-hybridized carbons (Fsp3) is 0.150. The second-order valence-electron chi connectivity index (χ2n) is 5.82. The summed E-state index contributed by atoms with van der Waals surface area (Å²) in [5.74, 6) is -0.606. The first-order chi connectivity index (χ1) is 11.9. The van der Waals surface area contributed by atoms with E-state index < -0.39 is 5.91 Å². The van der Waals surface area contributed by atoms with Gasteiger partial charge in [-0.1, -0.05) is 29.8 Å². The first kappa shape index (κ1) is 18.0. The van der Waals surface area contributed by atoms with Gasteiger partial charge in [0.15, 0.2) is 0 Å². The van der Waals surface area contributed by atoms with Crippen molar-refractivity contribution in [3.63, 3.8) is 0 Å². The van der Waals surface area contributed by atoms with Gasteiger partial charge in [0.2, 0.25) is 0 Å². The normalized spacial score (nSPS) is 10.7. The van der Waals surface area contributed by atoms with Crippen LogP contribution < -0.4 is 5.32 Å². The average Bonchev–Trinajstić information content (AvgIpc) is 2.59. The highest BCUT2D eigenvalue weighted by molar-refractivity contribution is 6.09. The molecule has 2 aromatic carbocycles. The molecule has 0 aliphatic rings. The average molecular weight is 333 g/mol. The van der Waals surface area contributed by atoms with Gasteiger partial charge < -0.3 is 10.2 Å². The minimum atomic E-state index is -0.490. The Kier molecular flexibility index (Phi) is 5.70. The van der Waals surface area contributed by atoms with Crippen LogP contribution in [0.2, 0.25) is 0 Å². The Morgan fingerprint density at radius 3 is 2.36 bits per heavy atom. The van der Waals surface area contributed by atoms with Gasteiger partial charge in [0.25, 0.3) is 11.8 Å². The number of hydrogen-bond donors (Lipinski definition) is 1. The monoisotopic (exact) mass is 333 g/mol. The Morgan fingerprint density at radius 1 is 1.12 bits per heavy atom. The van der Waals surface area contributed by atoms with Crippen molar-refractivity contribution >= 4 is 23.6 Å². The highest BCUT2D eigenvalue weighted by Gasteiger charge is 2.11. The van der Waals surface area contributed by atoms with E-state index in [2.05, 4.69) is 5.32 Å². The number of amides is 2. The number of nitrogens with zero attached hydrogens (tertiary/aromatic N) is 2. The molecule has 5 nitrogen and oxygen atoms in total. The van der Waals surface area contributed by atoms with Crippen molar-refractivity contribution in [1.82, 2.24) is 4.90 Å². The van der Waals surface area contributed by atoms with Crippen LogP contribution in [0.25, 0.3) is 6.08 Å². The van der Waals surface area contributed by atoms with E-state index >= 15 is 0 Å². The standard InChI is InChI=1S/C20H19N3O2/c1-14-5-4-6-15(11-14)12-17(13-21)19(24)22-18-9-7-16(8-10-18)20(25)23(2)3/h4-12H,1-3H3,(H,22,24)/b17-12+. The van der Waals surface area contributed by atoms with Gasteiger partial charge in [0.05, 0.1) is 0 Å². The SMILES string of the molecule is Cc1cccc(/C=C(\C#N)C(=O)Nc2ccc(C(=O)N(C)C)cc2)c1. The van der Waals surface area contributed by atoms with Crippen LogP contribution in [0.3, 0.4) is 0 Å². The molecule has 0 fully saturated rings. The number of carbonyl (C=O) groups excluding carboxylic acids is 2. The molecule has 0 heterocycles. The molecule has 0 unspecified atom stereocenters. The highest BCUT2D eigenvalue weighted by atomic mass is 16.2. The fourth-order valence-corrected chi connectivity index (χ4v) is 2.23. The summed E-state index contributed by atoms with van der Waals surface area (Å²) in [6, 6.07) is 16.0. The molecule has 1 N–H and O–H groups in total. The predicted octanol–water partition coefficient (Wildman–Crippen LogP) is 3.24. The lowest BCUT2D eigenvalue weighted by Crippen LogP contribution is -2.21. The summed E-state index contributed by atoms with van der Waals surface area (Å²) in [4.78, 5) is 25.6. The Morgan fingerprint density at radius 2 is 1.80 bits per heavy atom. The van der Waals surface area contributed by atoms with Crippen molar-refractivity contribution in [2.24, 2.45) is 0 Å². The number of nitriles is 1. The Balaban J connectivity index is 2.15. The zero-order chi connectivity index (χ0) is 18.4. The van der Waals surface area contributed by atoms with Gasteiger partial charge >= 0.3 is 0 Å². The van der Waals surface area contributed by atoms with Crippen molar-refractivity contribution in [1.29, 1.82) is 5.26 Å². The number of hydrogen-bond acceptors (Lipinski definition) is 3. The van der Waals surface area contributed by atoms with Crippen LogP contribution in [0.5, 0.6) is 0 Å². The zero-order valence-electron chi connectivity index (χ0n) is 14.4. The molecule has 0 saturated carbocycles. The number of benzene rings is 2. The van der Waals surface area contributed by atoms with Crippen LogP contribution >= 0.6 is 0 Å². The van der Waals surface area contributed by atoms with Crippen molar-refractivity contribution < 1.29 is 9.59 Å². The fourth-order valence-electron chi connectivity index (χ4n) is 2.23. The first-order valence-corrected chi connectivity index (χ1v) is 7.72. The topological polar surface area (TPSA) is 73.2 Å². The number of carbonyl (C=O) groups is 2. The molecule has 0 aliphatic heterocycles. The molecule has 126 valence electrons. The minimum Gasteiger partial charge on any atom is -0.345 e. The molecular weight excluding hydrogens is 314 g/mol. The molecule has 2 aromatic rings. The molecule has 2 amide bonds. The van der Waals surface area contributed by atoms with Gasteiger partial charge in [-0.15, -0.1) is 0 Å². The third-order valence-electron chi connectivity index (χ3n) is 3.51. The molecule has 25 heavy (non-hydrogen) atoms. The molecule has 0 bridgehead atoms. The predicted molar refractivity (Wildman–Crippen MR) is 97.9 cm³/mol. The van der Waals surface area contributed by atoms with Gasteiger partial charge in [-0.2, -0.15) is 5.26 Å². The van der Waals surface area contributed by atoms with Crippen LogP contribution in [0.1, 0.15) is 21.5 Å². The lowest BCUT2D eigenvalue weighted by Gasteiger charge is -2.11.